The molecule has 21 heavy (non-hydrogen) atoms. The molecule has 2 aromatic carbocycles. The third kappa shape index (κ3) is 2.49. The number of benzene rings is 2. The smallest absolute Gasteiger partial charge is 0.128 e. The van der Waals surface area contributed by atoms with Crippen molar-refractivity contribution in [3.8, 4) is 16.9 Å². The largest absolute Gasteiger partial charge is 0.238 e. The lowest BCUT2D eigenvalue weighted by Crippen LogP contribution is -2.39. The van der Waals surface area contributed by atoms with Crippen LogP contribution in [0.2, 0.25) is 0 Å². The summed E-state index contributed by atoms with van der Waals surface area (Å²) in [6, 6.07) is 17.3. The van der Waals surface area contributed by atoms with Gasteiger partial charge in [0.05, 0.1) is 6.20 Å². The third-order valence-corrected chi connectivity index (χ3v) is 3.93. The Morgan fingerprint density at radius 1 is 0.857 bits per heavy atom. The fourth-order valence-electron chi connectivity index (χ4n) is 2.93. The summed E-state index contributed by atoms with van der Waals surface area (Å²) in [6.45, 7) is 6.44. The van der Waals surface area contributed by atoms with Gasteiger partial charge in [0.25, 0.3) is 0 Å². The average Bonchev–Trinajstić information content (AvgIpc) is 2.80. The second-order valence-corrected chi connectivity index (χ2v) is 5.73. The van der Waals surface area contributed by atoms with Crippen LogP contribution in [0.3, 0.4) is 0 Å². The summed E-state index contributed by atoms with van der Waals surface area (Å²) in [5.41, 5.74) is 7.58. The average molecular weight is 277 g/mol. The van der Waals surface area contributed by atoms with Gasteiger partial charge >= 0.3 is 0 Å². The molecule has 3 rings (SSSR count). The molecule has 3 aromatic rings. The Bertz CT molecular complexity index is 777. The van der Waals surface area contributed by atoms with E-state index in [2.05, 4.69) is 91.9 Å². The number of aromatic nitrogens is 2. The van der Waals surface area contributed by atoms with Crippen molar-refractivity contribution in [1.29, 1.82) is 0 Å². The van der Waals surface area contributed by atoms with Gasteiger partial charge in [-0.3, -0.25) is 0 Å². The van der Waals surface area contributed by atoms with Crippen molar-refractivity contribution in [2.45, 2.75) is 20.8 Å². The Hall–Kier alpha value is -2.35. The van der Waals surface area contributed by atoms with Crippen molar-refractivity contribution in [2.24, 2.45) is 7.05 Å². The van der Waals surface area contributed by atoms with Gasteiger partial charge in [0.1, 0.15) is 5.69 Å². The number of para-hydroxylation sites is 1. The van der Waals surface area contributed by atoms with Crippen molar-refractivity contribution in [1.82, 2.24) is 4.68 Å². The SMILES string of the molecule is Cc1cc(C)cc(-c2ccn(-c3ccccc3C)[n+]2C)c1. The van der Waals surface area contributed by atoms with Gasteiger partial charge in [0.15, 0.2) is 7.05 Å². The number of rotatable bonds is 2. The third-order valence-electron chi connectivity index (χ3n) is 3.93. The summed E-state index contributed by atoms with van der Waals surface area (Å²) < 4.78 is 4.40. The molecule has 0 radical (unpaired) electrons. The minimum absolute atomic E-state index is 1.22. The van der Waals surface area contributed by atoms with E-state index in [1.807, 2.05) is 0 Å². The van der Waals surface area contributed by atoms with Crippen LogP contribution in [-0.4, -0.2) is 4.68 Å². The van der Waals surface area contributed by atoms with E-state index in [1.54, 1.807) is 0 Å². The Balaban J connectivity index is 2.14. The number of hydrogen-bond donors (Lipinski definition) is 0. The maximum Gasteiger partial charge on any atom is 0.238 e. The highest BCUT2D eigenvalue weighted by Gasteiger charge is 2.17. The van der Waals surface area contributed by atoms with Crippen LogP contribution in [-0.2, 0) is 7.05 Å². The molecule has 0 amide bonds. The highest BCUT2D eigenvalue weighted by atomic mass is 15.4. The first-order chi connectivity index (χ1) is 10.1. The van der Waals surface area contributed by atoms with Gasteiger partial charge in [-0.25, -0.2) is 0 Å². The molecule has 0 unspecified atom stereocenters. The zero-order valence-electron chi connectivity index (χ0n) is 13.1. The molecule has 0 spiro atoms. The van der Waals surface area contributed by atoms with Crippen molar-refractivity contribution < 1.29 is 4.68 Å². The lowest BCUT2D eigenvalue weighted by molar-refractivity contribution is -0.734. The predicted molar refractivity (Wildman–Crippen MR) is 86.6 cm³/mol. The quantitative estimate of drug-likeness (QED) is 0.628. The summed E-state index contributed by atoms with van der Waals surface area (Å²) in [6.07, 6.45) is 2.13. The molecule has 0 saturated heterocycles. The number of hydrogen-bond acceptors (Lipinski definition) is 0. The lowest BCUT2D eigenvalue weighted by Gasteiger charge is -2.05. The van der Waals surface area contributed by atoms with E-state index >= 15 is 0 Å². The van der Waals surface area contributed by atoms with Crippen LogP contribution in [0.15, 0.2) is 54.7 Å². The van der Waals surface area contributed by atoms with Crippen LogP contribution in [0, 0.1) is 20.8 Å². The van der Waals surface area contributed by atoms with Gasteiger partial charge in [0, 0.05) is 11.6 Å². The normalized spacial score (nSPS) is 10.9. The molecule has 1 aromatic heterocycles. The summed E-state index contributed by atoms with van der Waals surface area (Å²) in [5.74, 6) is 0. The van der Waals surface area contributed by atoms with Crippen molar-refractivity contribution in [3.63, 3.8) is 0 Å². The van der Waals surface area contributed by atoms with Crippen LogP contribution in [0.1, 0.15) is 16.7 Å². The van der Waals surface area contributed by atoms with Crippen LogP contribution in [0.4, 0.5) is 0 Å². The highest BCUT2D eigenvalue weighted by Crippen LogP contribution is 2.21. The van der Waals surface area contributed by atoms with Gasteiger partial charge in [-0.1, -0.05) is 35.4 Å². The molecular formula is C19H21N2+. The zero-order valence-corrected chi connectivity index (χ0v) is 13.1. The van der Waals surface area contributed by atoms with Gasteiger partial charge in [-0.2, -0.15) is 0 Å². The number of nitrogens with zero attached hydrogens (tertiary/aromatic N) is 2. The summed E-state index contributed by atoms with van der Waals surface area (Å²) in [5, 5.41) is 0. The van der Waals surface area contributed by atoms with E-state index in [0.717, 1.165) is 0 Å². The van der Waals surface area contributed by atoms with E-state index in [-0.39, 0.29) is 0 Å². The highest BCUT2D eigenvalue weighted by molar-refractivity contribution is 5.58. The first-order valence-corrected chi connectivity index (χ1v) is 7.28. The minimum atomic E-state index is 1.22. The van der Waals surface area contributed by atoms with Gasteiger partial charge < -0.3 is 0 Å². The Kier molecular flexibility index (Phi) is 3.38. The standard InChI is InChI=1S/C19H21N2/c1-14-11-15(2)13-17(12-14)19-9-10-21(20(19)4)18-8-6-5-7-16(18)3/h5-13H,1-4H3/q+1. The Morgan fingerprint density at radius 3 is 2.19 bits per heavy atom. The van der Waals surface area contributed by atoms with Crippen molar-refractivity contribution in [2.75, 3.05) is 0 Å². The molecular weight excluding hydrogens is 256 g/mol. The molecule has 0 fully saturated rings. The van der Waals surface area contributed by atoms with E-state index in [1.165, 1.54) is 33.6 Å². The van der Waals surface area contributed by atoms with E-state index in [4.69, 9.17) is 0 Å². The predicted octanol–water partition coefficient (Wildman–Crippen LogP) is 3.89. The second kappa shape index (κ2) is 5.21. The molecule has 0 aliphatic rings. The zero-order chi connectivity index (χ0) is 15.0. The molecule has 0 atom stereocenters. The topological polar surface area (TPSA) is 8.81 Å². The van der Waals surface area contributed by atoms with Crippen LogP contribution in [0.5, 0.6) is 0 Å². The van der Waals surface area contributed by atoms with E-state index < -0.39 is 0 Å². The first kappa shape index (κ1) is 13.6. The summed E-state index contributed by atoms with van der Waals surface area (Å²) >= 11 is 0. The first-order valence-electron chi connectivity index (χ1n) is 7.28. The molecule has 0 aliphatic carbocycles. The van der Waals surface area contributed by atoms with E-state index in [0.29, 0.717) is 0 Å². The molecule has 1 heterocycles. The fourth-order valence-corrected chi connectivity index (χ4v) is 2.93. The van der Waals surface area contributed by atoms with Crippen LogP contribution < -0.4 is 4.68 Å². The fraction of sp³-hybridized carbons (Fsp3) is 0.211. The molecule has 106 valence electrons. The van der Waals surface area contributed by atoms with Gasteiger partial charge in [0.2, 0.25) is 5.69 Å². The monoisotopic (exact) mass is 277 g/mol. The van der Waals surface area contributed by atoms with Crippen LogP contribution in [0.25, 0.3) is 16.9 Å². The number of aryl methyl sites for hydroxylation is 3. The Labute approximate surface area is 126 Å². The minimum Gasteiger partial charge on any atom is -0.128 e. The van der Waals surface area contributed by atoms with Crippen LogP contribution >= 0.6 is 0 Å². The molecule has 2 heteroatoms. The molecule has 2 nitrogen and oxygen atoms in total. The molecule has 0 aliphatic heterocycles. The van der Waals surface area contributed by atoms with Gasteiger partial charge in [-0.05, 0) is 44.5 Å². The Morgan fingerprint density at radius 2 is 1.52 bits per heavy atom. The second-order valence-electron chi connectivity index (χ2n) is 5.73. The lowest BCUT2D eigenvalue weighted by atomic mass is 10.1. The van der Waals surface area contributed by atoms with Crippen molar-refractivity contribution >= 4 is 0 Å². The maximum atomic E-state index is 2.24. The summed E-state index contributed by atoms with van der Waals surface area (Å²) in [4.78, 5) is 0. The molecule has 0 bridgehead atoms. The molecule has 0 N–H and O–H groups in total. The van der Waals surface area contributed by atoms with Crippen molar-refractivity contribution in [3.05, 3.63) is 71.4 Å². The maximum absolute atomic E-state index is 2.24. The molecule has 0 saturated carbocycles. The summed E-state index contributed by atoms with van der Waals surface area (Å²) in [7, 11) is 2.11. The van der Waals surface area contributed by atoms with Gasteiger partial charge in [-0.15, -0.1) is 9.36 Å². The van der Waals surface area contributed by atoms with E-state index in [9.17, 15) is 0 Å².